The predicted octanol–water partition coefficient (Wildman–Crippen LogP) is 21.1. The van der Waals surface area contributed by atoms with Crippen molar-refractivity contribution in [3.8, 4) is 55.9 Å². The molecule has 2 N–H and O–H groups in total. The van der Waals surface area contributed by atoms with Crippen LogP contribution in [0, 0.1) is 0 Å². The molecular formula is C80H50BBrN4O2S2. The zero-order valence-electron chi connectivity index (χ0n) is 48.2. The summed E-state index contributed by atoms with van der Waals surface area (Å²) in [4.78, 5) is 20.0. The van der Waals surface area contributed by atoms with Crippen molar-refractivity contribution >= 4 is 157 Å². The van der Waals surface area contributed by atoms with E-state index >= 15 is 0 Å². The summed E-state index contributed by atoms with van der Waals surface area (Å²) >= 11 is 7.18. The van der Waals surface area contributed by atoms with Crippen molar-refractivity contribution in [3.05, 3.63) is 296 Å². The molecule has 4 aromatic heterocycles. The molecule has 0 spiro atoms. The van der Waals surface area contributed by atoms with Crippen LogP contribution in [0.3, 0.4) is 0 Å². The highest BCUT2D eigenvalue weighted by Crippen LogP contribution is 2.43. The number of nitrogens with zero attached hydrogens (tertiary/aromatic N) is 4. The molecule has 18 rings (SSSR count). The Morgan fingerprint density at radius 1 is 0.289 bits per heavy atom. The molecule has 0 amide bonds. The Bertz CT molecular complexity index is 5780. The highest BCUT2D eigenvalue weighted by Gasteiger charge is 2.18. The lowest BCUT2D eigenvalue weighted by molar-refractivity contribution is 0.426. The van der Waals surface area contributed by atoms with Crippen molar-refractivity contribution in [2.75, 3.05) is 0 Å². The molecule has 0 unspecified atom stereocenters. The summed E-state index contributed by atoms with van der Waals surface area (Å²) in [6.07, 6.45) is 3.78. The van der Waals surface area contributed by atoms with Gasteiger partial charge in [0.05, 0.1) is 45.8 Å². The van der Waals surface area contributed by atoms with Crippen LogP contribution in [0.1, 0.15) is 0 Å². The van der Waals surface area contributed by atoms with Gasteiger partial charge in [-0.1, -0.05) is 259 Å². The predicted molar refractivity (Wildman–Crippen MR) is 386 cm³/mol. The summed E-state index contributed by atoms with van der Waals surface area (Å²) < 4.78 is 6.19. The normalized spacial score (nSPS) is 11.5. The summed E-state index contributed by atoms with van der Waals surface area (Å²) in [5.74, 6) is 0. The number of thiophene rings is 2. The van der Waals surface area contributed by atoms with E-state index in [1.807, 2.05) is 54.1 Å². The number of halogens is 1. The van der Waals surface area contributed by atoms with E-state index in [2.05, 4.69) is 259 Å². The number of hydrogen-bond donors (Lipinski definition) is 2. The van der Waals surface area contributed by atoms with E-state index in [-0.39, 0.29) is 0 Å². The van der Waals surface area contributed by atoms with E-state index in [0.29, 0.717) is 5.46 Å². The van der Waals surface area contributed by atoms with Gasteiger partial charge in [0.25, 0.3) is 0 Å². The first-order valence-electron chi connectivity index (χ1n) is 29.7. The molecule has 0 atom stereocenters. The number of aromatic nitrogens is 4. The monoisotopic (exact) mass is 1250 g/mol. The average Bonchev–Trinajstić information content (AvgIpc) is 1.15. The molecule has 10 heteroatoms. The first-order chi connectivity index (χ1) is 44.4. The summed E-state index contributed by atoms with van der Waals surface area (Å²) in [5, 5.41) is 33.3. The van der Waals surface area contributed by atoms with Crippen molar-refractivity contribution in [1.29, 1.82) is 0 Å². The van der Waals surface area contributed by atoms with Crippen LogP contribution in [-0.2, 0) is 0 Å². The third kappa shape index (κ3) is 10.0. The third-order valence-electron chi connectivity index (χ3n) is 16.9. The van der Waals surface area contributed by atoms with E-state index in [4.69, 9.17) is 19.9 Å². The van der Waals surface area contributed by atoms with Gasteiger partial charge in [-0.05, 0) is 96.8 Å². The molecule has 0 saturated heterocycles. The van der Waals surface area contributed by atoms with Gasteiger partial charge in [0, 0.05) is 77.5 Å². The van der Waals surface area contributed by atoms with E-state index in [9.17, 15) is 10.0 Å². The zero-order chi connectivity index (χ0) is 60.2. The lowest BCUT2D eigenvalue weighted by atomic mass is 9.79. The maximum absolute atomic E-state index is 9.38. The molecule has 90 heavy (non-hydrogen) atoms. The Hall–Kier alpha value is -10.3. The van der Waals surface area contributed by atoms with Crippen LogP contribution in [0.25, 0.3) is 161 Å². The van der Waals surface area contributed by atoms with Gasteiger partial charge >= 0.3 is 7.12 Å². The van der Waals surface area contributed by atoms with Crippen LogP contribution in [0.4, 0.5) is 0 Å². The van der Waals surface area contributed by atoms with Crippen LogP contribution in [0.2, 0.25) is 0 Å². The van der Waals surface area contributed by atoms with Crippen LogP contribution in [-0.4, -0.2) is 37.1 Å². The Labute approximate surface area is 534 Å². The van der Waals surface area contributed by atoms with Gasteiger partial charge in [-0.2, -0.15) is 0 Å². The second kappa shape index (κ2) is 23.3. The quantitative estimate of drug-likeness (QED) is 0.127. The van der Waals surface area contributed by atoms with Crippen molar-refractivity contribution < 1.29 is 10.0 Å². The Balaban J connectivity index is 0.000000117. The zero-order valence-corrected chi connectivity index (χ0v) is 51.4. The van der Waals surface area contributed by atoms with Crippen LogP contribution in [0.15, 0.2) is 296 Å². The van der Waals surface area contributed by atoms with Gasteiger partial charge in [0.15, 0.2) is 0 Å². The summed E-state index contributed by atoms with van der Waals surface area (Å²) in [5.41, 5.74) is 15.1. The van der Waals surface area contributed by atoms with Gasteiger partial charge in [-0.25, -0.2) is 9.97 Å². The third-order valence-corrected chi connectivity index (χ3v) is 19.9. The van der Waals surface area contributed by atoms with Gasteiger partial charge in [-0.15, -0.1) is 22.7 Å². The molecule has 18 aromatic rings. The molecule has 424 valence electrons. The minimum atomic E-state index is -1.44. The molecule has 14 aromatic carbocycles. The van der Waals surface area contributed by atoms with Gasteiger partial charge in [0.1, 0.15) is 0 Å². The molecule has 0 radical (unpaired) electrons. The molecule has 0 bridgehead atoms. The number of hydrogen-bond acceptors (Lipinski definition) is 8. The number of fused-ring (bicyclic) bond motifs is 18. The average molecular weight is 1250 g/mol. The maximum atomic E-state index is 9.38. The molecule has 0 fully saturated rings. The van der Waals surface area contributed by atoms with Crippen LogP contribution < -0.4 is 5.46 Å². The lowest BCUT2D eigenvalue weighted by Crippen LogP contribution is -2.29. The number of rotatable bonds is 6. The SMILES string of the molecule is Brc1cccc(-c2cnc3c4ccccc4c4ccccc4c3n2)c1.OB(O)c1cccc(-c2cccc3c2sc2ccccc23)c1.c1cc(-c2cccc(-c3cccc4c3sc3ccccc34)c2)cc(-c2cnc3c4ccccc4c4ccccc4c3n2)c1. The van der Waals surface area contributed by atoms with E-state index in [1.54, 1.807) is 17.4 Å². The molecule has 0 aliphatic rings. The van der Waals surface area contributed by atoms with Crippen molar-refractivity contribution in [3.63, 3.8) is 0 Å². The summed E-state index contributed by atoms with van der Waals surface area (Å²) in [6, 6.07) is 97.0. The molecular weight excluding hydrogens is 1200 g/mol. The maximum Gasteiger partial charge on any atom is 0.488 e. The minimum absolute atomic E-state index is 0.510. The Kier molecular flexibility index (Phi) is 14.3. The topological polar surface area (TPSA) is 92.0 Å². The fraction of sp³-hybridized carbons (Fsp3) is 0. The number of benzene rings is 14. The Morgan fingerprint density at radius 2 is 0.633 bits per heavy atom. The highest BCUT2D eigenvalue weighted by atomic mass is 79.9. The fourth-order valence-corrected chi connectivity index (χ4v) is 15.6. The second-order valence-corrected chi connectivity index (χ2v) is 25.3. The highest BCUT2D eigenvalue weighted by molar-refractivity contribution is 9.10. The van der Waals surface area contributed by atoms with Crippen molar-refractivity contribution in [1.82, 2.24) is 19.9 Å². The van der Waals surface area contributed by atoms with Crippen molar-refractivity contribution in [2.45, 2.75) is 0 Å². The Morgan fingerprint density at radius 3 is 1.10 bits per heavy atom. The molecule has 0 saturated carbocycles. The molecule has 4 heterocycles. The minimum Gasteiger partial charge on any atom is -0.423 e. The van der Waals surface area contributed by atoms with E-state index < -0.39 is 7.12 Å². The first-order valence-corrected chi connectivity index (χ1v) is 32.2. The summed E-state index contributed by atoms with van der Waals surface area (Å²) in [7, 11) is -1.44. The smallest absolute Gasteiger partial charge is 0.423 e. The van der Waals surface area contributed by atoms with E-state index in [0.717, 1.165) is 87.3 Å². The second-order valence-electron chi connectivity index (χ2n) is 22.3. The lowest BCUT2D eigenvalue weighted by Gasteiger charge is -2.11. The van der Waals surface area contributed by atoms with Crippen LogP contribution in [0.5, 0.6) is 0 Å². The fourth-order valence-electron chi connectivity index (χ4n) is 12.7. The van der Waals surface area contributed by atoms with E-state index in [1.165, 1.54) is 78.6 Å². The largest absolute Gasteiger partial charge is 0.488 e. The van der Waals surface area contributed by atoms with Crippen LogP contribution >= 0.6 is 38.6 Å². The van der Waals surface area contributed by atoms with Gasteiger partial charge in [0.2, 0.25) is 0 Å². The molecule has 6 nitrogen and oxygen atoms in total. The van der Waals surface area contributed by atoms with Gasteiger partial charge in [-0.3, -0.25) is 9.97 Å². The molecule has 0 aliphatic heterocycles. The van der Waals surface area contributed by atoms with Crippen molar-refractivity contribution in [2.24, 2.45) is 0 Å². The molecule has 0 aliphatic carbocycles. The standard InChI is InChI=1S/C40H24N2S.C22H13BrN2.C18H13BO2S/c1-3-17-33-30(14-1)31-15-2-4-18-34(31)39-38(33)41-24-36(42-39)28-13-8-11-26(23-28)25-10-7-12-27(22-25)29-19-9-20-35-32-16-5-6-21-37(32)43-40(29)35;23-15-7-5-6-14(12-15)20-13-24-21-18-10-3-1-8-16(18)17-9-2-4-11-19(17)22(21)25-20;20-19(21)13-6-3-5-12(11-13)14-8-4-9-16-15-7-1-2-10-17(15)22-18(14)16/h1-24H;1-13H;1-11,20-21H. The first kappa shape index (κ1) is 55.0. The van der Waals surface area contributed by atoms with Gasteiger partial charge < -0.3 is 10.0 Å². The summed E-state index contributed by atoms with van der Waals surface area (Å²) in [6.45, 7) is 0.